The number of carbonyl (C=O) groups is 2. The molecule has 0 saturated heterocycles. The lowest BCUT2D eigenvalue weighted by Gasteiger charge is -2.18. The first-order valence-electron chi connectivity index (χ1n) is 13.3. The van der Waals surface area contributed by atoms with Gasteiger partial charge in [-0.15, -0.1) is 0 Å². The average Bonchev–Trinajstić information content (AvgIpc) is 3.62. The van der Waals surface area contributed by atoms with E-state index in [0.29, 0.717) is 17.1 Å². The lowest BCUT2D eigenvalue weighted by atomic mass is 9.94. The summed E-state index contributed by atoms with van der Waals surface area (Å²) in [5.41, 5.74) is 4.67. The molecule has 3 N–H and O–H groups in total. The van der Waals surface area contributed by atoms with Gasteiger partial charge in [0.25, 0.3) is 5.91 Å². The van der Waals surface area contributed by atoms with Crippen LogP contribution in [0, 0.1) is 6.92 Å². The molecule has 2 aliphatic rings. The number of rotatable bonds is 10. The molecule has 0 unspecified atom stereocenters. The van der Waals surface area contributed by atoms with Crippen molar-refractivity contribution in [2.75, 3.05) is 18.7 Å². The predicted octanol–water partition coefficient (Wildman–Crippen LogP) is 5.34. The van der Waals surface area contributed by atoms with E-state index in [2.05, 4.69) is 17.6 Å². The van der Waals surface area contributed by atoms with Crippen molar-refractivity contribution in [1.82, 2.24) is 5.32 Å². The van der Waals surface area contributed by atoms with Crippen LogP contribution in [0.2, 0.25) is 0 Å². The Morgan fingerprint density at radius 3 is 2.47 bits per heavy atom. The van der Waals surface area contributed by atoms with Gasteiger partial charge in [0.15, 0.2) is 11.5 Å². The molecule has 5 rings (SSSR count). The number of aliphatic hydroxyl groups excluding tert-OH is 1. The van der Waals surface area contributed by atoms with Gasteiger partial charge in [0.1, 0.15) is 0 Å². The summed E-state index contributed by atoms with van der Waals surface area (Å²) in [6.45, 7) is 4.24. The van der Waals surface area contributed by atoms with Crippen LogP contribution >= 0.6 is 0 Å². The number of hydrogen-bond donors (Lipinski definition) is 3. The van der Waals surface area contributed by atoms with E-state index in [0.717, 1.165) is 60.0 Å². The molecule has 198 valence electrons. The summed E-state index contributed by atoms with van der Waals surface area (Å²) >= 11 is 0. The van der Waals surface area contributed by atoms with Crippen LogP contribution in [0.1, 0.15) is 60.5 Å². The number of amides is 2. The van der Waals surface area contributed by atoms with E-state index in [4.69, 9.17) is 9.47 Å². The van der Waals surface area contributed by atoms with Crippen LogP contribution in [0.4, 0.5) is 5.69 Å². The fourth-order valence-corrected chi connectivity index (χ4v) is 4.96. The molecule has 0 radical (unpaired) electrons. The SMILES string of the molecule is CCCC[C@@H](CO)NC(=O)c1ccc(-c2cc(NC(=O)C3(c4ccc5c(c4)OCO5)CC3)ccc2C)cc1. The lowest BCUT2D eigenvalue weighted by molar-refractivity contribution is -0.118. The molecule has 38 heavy (non-hydrogen) atoms. The number of aliphatic hydroxyl groups is 1. The molecule has 1 atom stereocenters. The van der Waals surface area contributed by atoms with E-state index in [1.165, 1.54) is 0 Å². The first kappa shape index (κ1) is 25.8. The van der Waals surface area contributed by atoms with Crippen LogP contribution in [-0.2, 0) is 10.2 Å². The smallest absolute Gasteiger partial charge is 0.251 e. The van der Waals surface area contributed by atoms with E-state index in [9.17, 15) is 14.7 Å². The Morgan fingerprint density at radius 1 is 1.00 bits per heavy atom. The second-order valence-electron chi connectivity index (χ2n) is 10.2. The average molecular weight is 515 g/mol. The molecule has 7 heteroatoms. The topological polar surface area (TPSA) is 96.9 Å². The van der Waals surface area contributed by atoms with Crippen LogP contribution < -0.4 is 20.1 Å². The van der Waals surface area contributed by atoms with Crippen LogP contribution in [0.25, 0.3) is 11.1 Å². The van der Waals surface area contributed by atoms with Crippen molar-refractivity contribution in [3.05, 3.63) is 77.4 Å². The van der Waals surface area contributed by atoms with Crippen molar-refractivity contribution in [2.45, 2.75) is 57.4 Å². The zero-order valence-corrected chi connectivity index (χ0v) is 21.9. The number of nitrogens with one attached hydrogen (secondary N) is 2. The Kier molecular flexibility index (Phi) is 7.38. The van der Waals surface area contributed by atoms with E-state index >= 15 is 0 Å². The van der Waals surface area contributed by atoms with E-state index in [1.807, 2.05) is 55.5 Å². The third kappa shape index (κ3) is 5.24. The van der Waals surface area contributed by atoms with Gasteiger partial charge < -0.3 is 25.2 Å². The number of hydrogen-bond acceptors (Lipinski definition) is 5. The summed E-state index contributed by atoms with van der Waals surface area (Å²) in [5, 5.41) is 15.6. The molecule has 1 aliphatic carbocycles. The van der Waals surface area contributed by atoms with Crippen LogP contribution in [0.5, 0.6) is 11.5 Å². The summed E-state index contributed by atoms with van der Waals surface area (Å²) in [6, 6.07) is 18.8. The normalized spacial score (nSPS) is 15.6. The van der Waals surface area contributed by atoms with Crippen molar-refractivity contribution in [3.63, 3.8) is 0 Å². The van der Waals surface area contributed by atoms with Crippen molar-refractivity contribution >= 4 is 17.5 Å². The minimum Gasteiger partial charge on any atom is -0.454 e. The van der Waals surface area contributed by atoms with E-state index in [1.54, 1.807) is 12.1 Å². The molecule has 0 aromatic heterocycles. The third-order valence-corrected chi connectivity index (χ3v) is 7.53. The molecule has 0 bridgehead atoms. The molecule has 1 saturated carbocycles. The molecule has 0 spiro atoms. The van der Waals surface area contributed by atoms with Gasteiger partial charge in [-0.05, 0) is 84.8 Å². The Morgan fingerprint density at radius 2 is 1.76 bits per heavy atom. The number of carbonyl (C=O) groups excluding carboxylic acids is 2. The first-order valence-corrected chi connectivity index (χ1v) is 13.3. The van der Waals surface area contributed by atoms with Gasteiger partial charge in [0, 0.05) is 11.3 Å². The maximum Gasteiger partial charge on any atom is 0.251 e. The van der Waals surface area contributed by atoms with Crippen molar-refractivity contribution in [3.8, 4) is 22.6 Å². The number of aryl methyl sites for hydroxylation is 1. The van der Waals surface area contributed by atoms with E-state index in [-0.39, 0.29) is 31.3 Å². The van der Waals surface area contributed by atoms with Crippen LogP contribution in [0.3, 0.4) is 0 Å². The molecular formula is C31H34N2O5. The van der Waals surface area contributed by atoms with Crippen LogP contribution in [0.15, 0.2) is 60.7 Å². The highest BCUT2D eigenvalue weighted by atomic mass is 16.7. The summed E-state index contributed by atoms with van der Waals surface area (Å²) in [7, 11) is 0. The highest BCUT2D eigenvalue weighted by Gasteiger charge is 2.51. The number of benzene rings is 3. The number of anilines is 1. The number of ether oxygens (including phenoxy) is 2. The fourth-order valence-electron chi connectivity index (χ4n) is 4.96. The molecule has 1 aliphatic heterocycles. The molecule has 2 amide bonds. The maximum absolute atomic E-state index is 13.4. The first-order chi connectivity index (χ1) is 18.4. The minimum absolute atomic E-state index is 0.0281. The van der Waals surface area contributed by atoms with Gasteiger partial charge in [0.05, 0.1) is 18.1 Å². The molecule has 3 aromatic rings. The summed E-state index contributed by atoms with van der Waals surface area (Å²) in [6.07, 6.45) is 4.30. The second kappa shape index (κ2) is 10.9. The van der Waals surface area contributed by atoms with Crippen molar-refractivity contribution in [1.29, 1.82) is 0 Å². The minimum atomic E-state index is -0.551. The molecule has 1 fully saturated rings. The Balaban J connectivity index is 1.29. The predicted molar refractivity (Wildman–Crippen MR) is 147 cm³/mol. The van der Waals surface area contributed by atoms with Crippen LogP contribution in [-0.4, -0.2) is 36.4 Å². The highest BCUT2D eigenvalue weighted by molar-refractivity contribution is 6.02. The van der Waals surface area contributed by atoms with E-state index < -0.39 is 5.41 Å². The molecule has 1 heterocycles. The molecular weight excluding hydrogens is 480 g/mol. The maximum atomic E-state index is 13.4. The summed E-state index contributed by atoms with van der Waals surface area (Å²) in [5.74, 6) is 1.17. The van der Waals surface area contributed by atoms with Gasteiger partial charge in [-0.25, -0.2) is 0 Å². The Hall–Kier alpha value is -3.84. The summed E-state index contributed by atoms with van der Waals surface area (Å²) < 4.78 is 10.9. The quantitative estimate of drug-likeness (QED) is 0.339. The van der Waals surface area contributed by atoms with Gasteiger partial charge in [-0.3, -0.25) is 9.59 Å². The molecule has 3 aromatic carbocycles. The highest BCUT2D eigenvalue weighted by Crippen LogP contribution is 2.51. The third-order valence-electron chi connectivity index (χ3n) is 7.53. The van der Waals surface area contributed by atoms with Crippen molar-refractivity contribution < 1.29 is 24.2 Å². The zero-order chi connectivity index (χ0) is 26.7. The largest absolute Gasteiger partial charge is 0.454 e. The second-order valence-corrected chi connectivity index (χ2v) is 10.2. The lowest BCUT2D eigenvalue weighted by Crippen LogP contribution is -2.37. The molecule has 7 nitrogen and oxygen atoms in total. The number of fused-ring (bicyclic) bond motifs is 1. The number of unbranched alkanes of at least 4 members (excludes halogenated alkanes) is 1. The van der Waals surface area contributed by atoms with Gasteiger partial charge in [0.2, 0.25) is 12.7 Å². The van der Waals surface area contributed by atoms with Gasteiger partial charge >= 0.3 is 0 Å². The fraction of sp³-hybridized carbons (Fsp3) is 0.355. The standard InChI is InChI=1S/C31H34N2O5/c1-3-4-5-25(18-34)32-29(35)22-9-7-21(8-10-22)26-17-24(12-6-20(26)2)33-30(36)31(14-15-31)23-11-13-27-28(16-23)38-19-37-27/h6-13,16-17,25,34H,3-5,14-15,18-19H2,1-2H3,(H,32,35)(H,33,36)/t25-/m0/s1. The van der Waals surface area contributed by atoms with Gasteiger partial charge in [-0.1, -0.05) is 44.0 Å². The zero-order valence-electron chi connectivity index (χ0n) is 21.9. The Labute approximate surface area is 223 Å². The monoisotopic (exact) mass is 514 g/mol. The van der Waals surface area contributed by atoms with Crippen molar-refractivity contribution in [2.24, 2.45) is 0 Å². The Bertz CT molecular complexity index is 1330. The summed E-state index contributed by atoms with van der Waals surface area (Å²) in [4.78, 5) is 26.0. The van der Waals surface area contributed by atoms with Gasteiger partial charge in [-0.2, -0.15) is 0 Å².